The van der Waals surface area contributed by atoms with Crippen LogP contribution in [-0.2, 0) is 4.74 Å². The first kappa shape index (κ1) is 10.9. The van der Waals surface area contributed by atoms with Crippen molar-refractivity contribution in [3.8, 4) is 5.75 Å². The third-order valence-corrected chi connectivity index (χ3v) is 2.48. The molecule has 0 aliphatic carbocycles. The standard InChI is InChI=1S/C11H15N3O2/c12-11(13)10-2-1-9(7-14-10)16-8-3-5-15-6-4-8/h1-2,7-8H,3-6H2,(H3,12,13). The molecule has 2 heterocycles. The van der Waals surface area contributed by atoms with Gasteiger partial charge in [-0.1, -0.05) is 0 Å². The molecule has 5 nitrogen and oxygen atoms in total. The third-order valence-electron chi connectivity index (χ3n) is 2.48. The van der Waals surface area contributed by atoms with Gasteiger partial charge in [0.05, 0.1) is 19.4 Å². The third kappa shape index (κ3) is 2.70. The molecule has 3 N–H and O–H groups in total. The number of nitrogens with zero attached hydrogens (tertiary/aromatic N) is 1. The van der Waals surface area contributed by atoms with Gasteiger partial charge in [0.1, 0.15) is 23.4 Å². The highest BCUT2D eigenvalue weighted by molar-refractivity contribution is 5.92. The van der Waals surface area contributed by atoms with Gasteiger partial charge in [0.2, 0.25) is 0 Å². The molecule has 1 aromatic rings. The highest BCUT2D eigenvalue weighted by atomic mass is 16.5. The molecule has 5 heteroatoms. The fourth-order valence-corrected chi connectivity index (χ4v) is 1.60. The van der Waals surface area contributed by atoms with E-state index in [0.29, 0.717) is 5.69 Å². The van der Waals surface area contributed by atoms with Crippen molar-refractivity contribution < 1.29 is 9.47 Å². The summed E-state index contributed by atoms with van der Waals surface area (Å²) in [4.78, 5) is 4.04. The Bertz CT molecular complexity index is 358. The lowest BCUT2D eigenvalue weighted by Crippen LogP contribution is -2.26. The minimum Gasteiger partial charge on any atom is -0.489 e. The summed E-state index contributed by atoms with van der Waals surface area (Å²) in [6, 6.07) is 3.48. The van der Waals surface area contributed by atoms with E-state index in [1.54, 1.807) is 18.3 Å². The van der Waals surface area contributed by atoms with Crippen molar-refractivity contribution in [3.05, 3.63) is 24.0 Å². The Hall–Kier alpha value is -1.62. The molecular weight excluding hydrogens is 206 g/mol. The van der Waals surface area contributed by atoms with Crippen molar-refractivity contribution in [2.24, 2.45) is 5.73 Å². The van der Waals surface area contributed by atoms with Gasteiger partial charge in [-0.25, -0.2) is 4.98 Å². The van der Waals surface area contributed by atoms with Gasteiger partial charge in [-0.2, -0.15) is 0 Å². The first-order valence-electron chi connectivity index (χ1n) is 5.30. The monoisotopic (exact) mass is 221 g/mol. The first-order chi connectivity index (χ1) is 7.75. The van der Waals surface area contributed by atoms with Crippen LogP contribution in [0.25, 0.3) is 0 Å². The van der Waals surface area contributed by atoms with Crippen molar-refractivity contribution in [3.63, 3.8) is 0 Å². The second kappa shape index (κ2) is 4.94. The number of rotatable bonds is 3. The van der Waals surface area contributed by atoms with Crippen LogP contribution in [0.15, 0.2) is 18.3 Å². The van der Waals surface area contributed by atoms with E-state index < -0.39 is 0 Å². The van der Waals surface area contributed by atoms with Gasteiger partial charge in [0, 0.05) is 12.8 Å². The molecule has 16 heavy (non-hydrogen) atoms. The molecule has 1 aliphatic heterocycles. The fourth-order valence-electron chi connectivity index (χ4n) is 1.60. The van der Waals surface area contributed by atoms with Crippen LogP contribution in [0.5, 0.6) is 5.75 Å². The minimum absolute atomic E-state index is 0.0300. The maximum Gasteiger partial charge on any atom is 0.141 e. The SMILES string of the molecule is N=C(N)c1ccc(OC2CCOCC2)cn1. The summed E-state index contributed by atoms with van der Waals surface area (Å²) in [6.45, 7) is 1.51. The molecule has 0 saturated carbocycles. The molecule has 1 aliphatic rings. The highest BCUT2D eigenvalue weighted by Crippen LogP contribution is 2.16. The van der Waals surface area contributed by atoms with Crippen LogP contribution in [0.2, 0.25) is 0 Å². The van der Waals surface area contributed by atoms with Crippen LogP contribution < -0.4 is 10.5 Å². The Morgan fingerprint density at radius 3 is 2.75 bits per heavy atom. The zero-order valence-corrected chi connectivity index (χ0v) is 8.98. The van der Waals surface area contributed by atoms with E-state index in [-0.39, 0.29) is 11.9 Å². The maximum absolute atomic E-state index is 7.22. The Morgan fingerprint density at radius 1 is 1.44 bits per heavy atom. The van der Waals surface area contributed by atoms with Crippen molar-refractivity contribution >= 4 is 5.84 Å². The van der Waals surface area contributed by atoms with Gasteiger partial charge in [-0.05, 0) is 12.1 Å². The second-order valence-corrected chi connectivity index (χ2v) is 3.72. The molecule has 0 bridgehead atoms. The van der Waals surface area contributed by atoms with E-state index in [1.165, 1.54) is 0 Å². The molecule has 1 aromatic heterocycles. The number of ether oxygens (including phenoxy) is 2. The van der Waals surface area contributed by atoms with Crippen molar-refractivity contribution in [2.75, 3.05) is 13.2 Å². The zero-order valence-electron chi connectivity index (χ0n) is 8.98. The number of nitrogens with one attached hydrogen (secondary N) is 1. The average Bonchev–Trinajstić information content (AvgIpc) is 2.31. The molecule has 0 radical (unpaired) electrons. The number of aromatic nitrogens is 1. The van der Waals surface area contributed by atoms with Gasteiger partial charge < -0.3 is 15.2 Å². The molecule has 0 unspecified atom stereocenters. The average molecular weight is 221 g/mol. The topological polar surface area (TPSA) is 81.2 Å². The lowest BCUT2D eigenvalue weighted by atomic mass is 10.1. The van der Waals surface area contributed by atoms with Crippen LogP contribution >= 0.6 is 0 Å². The van der Waals surface area contributed by atoms with E-state index in [4.69, 9.17) is 20.6 Å². The predicted molar refractivity (Wildman–Crippen MR) is 59.7 cm³/mol. The van der Waals surface area contributed by atoms with Crippen LogP contribution in [0, 0.1) is 5.41 Å². The van der Waals surface area contributed by atoms with Crippen LogP contribution in [0.3, 0.4) is 0 Å². The lowest BCUT2D eigenvalue weighted by Gasteiger charge is -2.23. The van der Waals surface area contributed by atoms with E-state index in [0.717, 1.165) is 31.8 Å². The molecule has 1 fully saturated rings. The molecule has 0 amide bonds. The van der Waals surface area contributed by atoms with Crippen LogP contribution in [0.1, 0.15) is 18.5 Å². The Kier molecular flexibility index (Phi) is 3.36. The van der Waals surface area contributed by atoms with Gasteiger partial charge in [0.25, 0.3) is 0 Å². The smallest absolute Gasteiger partial charge is 0.141 e. The molecule has 0 atom stereocenters. The number of nitrogen functional groups attached to an aromatic ring is 1. The molecule has 1 saturated heterocycles. The van der Waals surface area contributed by atoms with Crippen LogP contribution in [0.4, 0.5) is 0 Å². The van der Waals surface area contributed by atoms with Crippen molar-refractivity contribution in [1.29, 1.82) is 5.41 Å². The van der Waals surface area contributed by atoms with Crippen molar-refractivity contribution in [2.45, 2.75) is 18.9 Å². The molecule has 0 aromatic carbocycles. The van der Waals surface area contributed by atoms with E-state index in [2.05, 4.69) is 4.98 Å². The number of hydrogen-bond acceptors (Lipinski definition) is 4. The Labute approximate surface area is 94.1 Å². The van der Waals surface area contributed by atoms with Gasteiger partial charge in [-0.15, -0.1) is 0 Å². The predicted octanol–water partition coefficient (Wildman–Crippen LogP) is 0.923. The van der Waals surface area contributed by atoms with E-state index >= 15 is 0 Å². The van der Waals surface area contributed by atoms with Gasteiger partial charge in [0.15, 0.2) is 0 Å². The Morgan fingerprint density at radius 2 is 2.19 bits per heavy atom. The molecule has 0 spiro atoms. The van der Waals surface area contributed by atoms with Crippen LogP contribution in [-0.4, -0.2) is 30.1 Å². The van der Waals surface area contributed by atoms with Gasteiger partial charge in [-0.3, -0.25) is 5.41 Å². The summed E-state index contributed by atoms with van der Waals surface area (Å²) in [5.74, 6) is 0.689. The zero-order chi connectivity index (χ0) is 11.4. The number of hydrogen-bond donors (Lipinski definition) is 2. The lowest BCUT2D eigenvalue weighted by molar-refractivity contribution is 0.0254. The summed E-state index contributed by atoms with van der Waals surface area (Å²) in [6.07, 6.45) is 3.63. The highest BCUT2D eigenvalue weighted by Gasteiger charge is 2.15. The largest absolute Gasteiger partial charge is 0.489 e. The summed E-state index contributed by atoms with van der Waals surface area (Å²) in [5.41, 5.74) is 5.78. The van der Waals surface area contributed by atoms with E-state index in [9.17, 15) is 0 Å². The van der Waals surface area contributed by atoms with Crippen molar-refractivity contribution in [1.82, 2.24) is 4.98 Å². The maximum atomic E-state index is 7.22. The number of nitrogens with two attached hydrogens (primary N) is 1. The fraction of sp³-hybridized carbons (Fsp3) is 0.455. The summed E-state index contributed by atoms with van der Waals surface area (Å²) >= 11 is 0. The summed E-state index contributed by atoms with van der Waals surface area (Å²) in [5, 5.41) is 7.22. The molecular formula is C11H15N3O2. The first-order valence-corrected chi connectivity index (χ1v) is 5.30. The summed E-state index contributed by atoms with van der Waals surface area (Å²) in [7, 11) is 0. The number of amidine groups is 1. The molecule has 2 rings (SSSR count). The van der Waals surface area contributed by atoms with E-state index in [1.807, 2.05) is 0 Å². The summed E-state index contributed by atoms with van der Waals surface area (Å²) < 4.78 is 11.0. The molecule has 86 valence electrons. The minimum atomic E-state index is -0.0300. The normalized spacial score (nSPS) is 17.0. The van der Waals surface area contributed by atoms with Gasteiger partial charge >= 0.3 is 0 Å². The second-order valence-electron chi connectivity index (χ2n) is 3.72. The quantitative estimate of drug-likeness (QED) is 0.587. The number of pyridine rings is 1. The Balaban J connectivity index is 1.96.